The second-order valence-electron chi connectivity index (χ2n) is 10.5. The first-order valence-corrected chi connectivity index (χ1v) is 14.5. The van der Waals surface area contributed by atoms with Crippen molar-refractivity contribution in [3.8, 4) is 5.75 Å². The van der Waals surface area contributed by atoms with Crippen LogP contribution in [0.2, 0.25) is 0 Å². The molecule has 0 saturated heterocycles. The number of hydrogen-bond donors (Lipinski definition) is 5. The zero-order chi connectivity index (χ0) is 31.7. The van der Waals surface area contributed by atoms with Crippen molar-refractivity contribution in [2.75, 3.05) is 25.1 Å². The average Bonchev–Trinajstić information content (AvgIpc) is 3.15. The zero-order valence-corrected chi connectivity index (χ0v) is 24.6. The Morgan fingerprint density at radius 1 is 1.07 bits per heavy atom. The lowest BCUT2D eigenvalue weighted by Gasteiger charge is -2.25. The predicted octanol–water partition coefficient (Wildman–Crippen LogP) is 1.97. The highest BCUT2D eigenvalue weighted by Gasteiger charge is 2.26. The molecule has 0 bridgehead atoms. The monoisotopic (exact) mass is 613 g/mol. The van der Waals surface area contributed by atoms with Crippen LogP contribution in [0.25, 0.3) is 0 Å². The molecule has 2 atom stereocenters. The number of alkyl carbamates (subject to hydrolysis) is 1. The smallest absolute Gasteiger partial charge is 0.481 e. The molecule has 1 aromatic carbocycles. The molecule has 2 unspecified atom stereocenters. The molecule has 0 fully saturated rings. The summed E-state index contributed by atoms with van der Waals surface area (Å²) < 4.78 is 26.8. The van der Waals surface area contributed by atoms with Gasteiger partial charge in [-0.1, -0.05) is 13.0 Å². The van der Waals surface area contributed by atoms with Gasteiger partial charge in [-0.25, -0.2) is 9.36 Å². The summed E-state index contributed by atoms with van der Waals surface area (Å²) in [4.78, 5) is 79.1. The summed E-state index contributed by atoms with van der Waals surface area (Å²) in [6, 6.07) is 3.36. The highest BCUT2D eigenvalue weighted by atomic mass is 31.2. The van der Waals surface area contributed by atoms with Gasteiger partial charge in [0.25, 0.3) is 11.8 Å². The minimum atomic E-state index is -5.00. The molecule has 232 valence electrons. The van der Waals surface area contributed by atoms with Gasteiger partial charge in [0.1, 0.15) is 5.60 Å². The minimum Gasteiger partial charge on any atom is -0.481 e. The molecule has 0 radical (unpaired) electrons. The fraction of sp³-hybridized carbons (Fsp3) is 0.500. The SMILES string of the molecule is CC(CC(Cc1ccc(OP(=O)(O)O)c(NC(=O)CCOCCN2C(=O)C=CC2=O)c1)NC(=O)OC(C)(C)C)C(=O)O. The lowest BCUT2D eigenvalue weighted by molar-refractivity contribution is -0.141. The number of carbonyl (C=O) groups is 5. The van der Waals surface area contributed by atoms with E-state index in [9.17, 15) is 43.4 Å². The average molecular weight is 614 g/mol. The normalized spacial score (nSPS) is 14.9. The van der Waals surface area contributed by atoms with Crippen molar-refractivity contribution in [2.45, 2.75) is 58.6 Å². The van der Waals surface area contributed by atoms with E-state index in [1.807, 2.05) is 0 Å². The number of aliphatic carboxylic acids is 1. The number of phosphoric ester groups is 1. The van der Waals surface area contributed by atoms with Crippen molar-refractivity contribution in [2.24, 2.45) is 5.92 Å². The molecule has 42 heavy (non-hydrogen) atoms. The number of anilines is 1. The van der Waals surface area contributed by atoms with Crippen LogP contribution in [0, 0.1) is 5.92 Å². The van der Waals surface area contributed by atoms with Gasteiger partial charge in [-0.2, -0.15) is 0 Å². The van der Waals surface area contributed by atoms with Crippen LogP contribution < -0.4 is 15.2 Å². The fourth-order valence-corrected chi connectivity index (χ4v) is 4.19. The summed E-state index contributed by atoms with van der Waals surface area (Å²) in [6.45, 7) is 6.42. The van der Waals surface area contributed by atoms with Crippen LogP contribution >= 0.6 is 7.82 Å². The Morgan fingerprint density at radius 3 is 2.29 bits per heavy atom. The summed E-state index contributed by atoms with van der Waals surface area (Å²) in [7, 11) is -5.00. The van der Waals surface area contributed by atoms with Gasteiger partial charge in [0.15, 0.2) is 5.75 Å². The van der Waals surface area contributed by atoms with Crippen molar-refractivity contribution in [1.82, 2.24) is 10.2 Å². The van der Waals surface area contributed by atoms with Crippen molar-refractivity contribution < 1.29 is 57.4 Å². The Labute approximate surface area is 242 Å². The second kappa shape index (κ2) is 14.9. The lowest BCUT2D eigenvalue weighted by Crippen LogP contribution is -2.41. The van der Waals surface area contributed by atoms with Crippen LogP contribution in [0.1, 0.15) is 46.1 Å². The number of nitrogens with zero attached hydrogens (tertiary/aromatic N) is 1. The molecule has 1 aliphatic heterocycles. The maximum atomic E-state index is 12.6. The summed E-state index contributed by atoms with van der Waals surface area (Å²) in [6.07, 6.45) is 1.47. The predicted molar refractivity (Wildman–Crippen MR) is 147 cm³/mol. The van der Waals surface area contributed by atoms with Gasteiger partial charge in [-0.15, -0.1) is 0 Å². The van der Waals surface area contributed by atoms with Gasteiger partial charge >= 0.3 is 19.9 Å². The van der Waals surface area contributed by atoms with E-state index in [0.717, 1.165) is 17.1 Å². The maximum Gasteiger partial charge on any atom is 0.524 e. The van der Waals surface area contributed by atoms with Crippen LogP contribution in [0.4, 0.5) is 10.5 Å². The number of imide groups is 1. The van der Waals surface area contributed by atoms with Crippen molar-refractivity contribution in [3.63, 3.8) is 0 Å². The topological polar surface area (TPSA) is 218 Å². The minimum absolute atomic E-state index is 0.00467. The number of amides is 4. The van der Waals surface area contributed by atoms with Gasteiger partial charge < -0.3 is 29.7 Å². The van der Waals surface area contributed by atoms with Crippen LogP contribution in [0.5, 0.6) is 5.75 Å². The van der Waals surface area contributed by atoms with E-state index >= 15 is 0 Å². The highest BCUT2D eigenvalue weighted by Crippen LogP contribution is 2.41. The van der Waals surface area contributed by atoms with E-state index in [0.29, 0.717) is 5.56 Å². The van der Waals surface area contributed by atoms with Crippen LogP contribution in [-0.2, 0) is 39.6 Å². The summed E-state index contributed by atoms with van der Waals surface area (Å²) in [5.41, 5.74) is -0.398. The van der Waals surface area contributed by atoms with Gasteiger partial charge in [0, 0.05) is 18.2 Å². The third kappa shape index (κ3) is 12.4. The molecule has 0 aromatic heterocycles. The zero-order valence-electron chi connectivity index (χ0n) is 23.7. The van der Waals surface area contributed by atoms with Crippen LogP contribution in [0.15, 0.2) is 30.4 Å². The number of carboxylic acid groups (broad SMARTS) is 1. The lowest BCUT2D eigenvalue weighted by atomic mass is 9.96. The number of phosphoric acid groups is 1. The van der Waals surface area contributed by atoms with Gasteiger partial charge in [0.2, 0.25) is 5.91 Å². The first-order chi connectivity index (χ1) is 19.4. The van der Waals surface area contributed by atoms with Crippen LogP contribution in [-0.4, -0.2) is 81.0 Å². The first-order valence-electron chi connectivity index (χ1n) is 12.9. The molecule has 1 heterocycles. The summed E-state index contributed by atoms with van der Waals surface area (Å²) in [5.74, 6) is -3.73. The van der Waals surface area contributed by atoms with Crippen molar-refractivity contribution in [3.05, 3.63) is 35.9 Å². The van der Waals surface area contributed by atoms with Crippen molar-refractivity contribution in [1.29, 1.82) is 0 Å². The maximum absolute atomic E-state index is 12.6. The van der Waals surface area contributed by atoms with Gasteiger partial charge in [0.05, 0.1) is 37.8 Å². The van der Waals surface area contributed by atoms with Crippen LogP contribution in [0.3, 0.4) is 0 Å². The Kier molecular flexibility index (Phi) is 12.2. The Balaban J connectivity index is 2.11. The van der Waals surface area contributed by atoms with E-state index in [2.05, 4.69) is 10.6 Å². The molecule has 0 saturated carbocycles. The number of carbonyl (C=O) groups excluding carboxylic acids is 4. The molecule has 0 aliphatic carbocycles. The first kappa shape index (κ1) is 34.4. The number of carboxylic acids is 1. The third-order valence-electron chi connectivity index (χ3n) is 5.63. The molecule has 16 heteroatoms. The molecular formula is C26H36N3O12P. The number of nitrogens with one attached hydrogen (secondary N) is 2. The molecule has 0 spiro atoms. The Morgan fingerprint density at radius 2 is 1.71 bits per heavy atom. The quantitative estimate of drug-likeness (QED) is 0.109. The van der Waals surface area contributed by atoms with Crippen molar-refractivity contribution >= 4 is 43.3 Å². The molecule has 15 nitrogen and oxygen atoms in total. The molecule has 5 N–H and O–H groups in total. The summed E-state index contributed by atoms with van der Waals surface area (Å²) in [5, 5.41) is 14.5. The number of rotatable bonds is 15. The van der Waals surface area contributed by atoms with E-state index in [1.54, 1.807) is 20.8 Å². The molecule has 1 aliphatic rings. The number of hydrogen-bond acceptors (Lipinski definition) is 9. The summed E-state index contributed by atoms with van der Waals surface area (Å²) >= 11 is 0. The highest BCUT2D eigenvalue weighted by molar-refractivity contribution is 7.46. The van der Waals surface area contributed by atoms with E-state index < -0.39 is 55.2 Å². The molecule has 1 aromatic rings. The molecular weight excluding hydrogens is 577 g/mol. The van der Waals surface area contributed by atoms with E-state index in [1.165, 1.54) is 25.1 Å². The number of benzene rings is 1. The Hall–Kier alpha value is -3.78. The van der Waals surface area contributed by atoms with Gasteiger partial charge in [-0.3, -0.25) is 33.9 Å². The second-order valence-corrected chi connectivity index (χ2v) is 11.7. The standard InChI is InChI=1S/C26H36N3O12P/c1-16(24(33)34)13-18(27-25(35)40-26(2,3)4)14-17-5-6-20(41-42(36,37)38)19(15-17)28-21(30)9-11-39-12-10-29-22(31)7-8-23(29)32/h5-8,15-16,18H,9-14H2,1-4H3,(H,27,35)(H,28,30)(H,33,34)(H2,36,37,38). The van der Waals surface area contributed by atoms with E-state index in [4.69, 9.17) is 14.0 Å². The third-order valence-corrected chi connectivity index (χ3v) is 6.07. The van der Waals surface area contributed by atoms with Gasteiger partial charge in [-0.05, 0) is 51.3 Å². The Bertz CT molecular complexity index is 1240. The molecule has 2 rings (SSSR count). The fourth-order valence-electron chi connectivity index (χ4n) is 3.78. The van der Waals surface area contributed by atoms with E-state index in [-0.39, 0.29) is 50.5 Å². The number of ether oxygens (including phenoxy) is 2. The molecule has 4 amide bonds. The largest absolute Gasteiger partial charge is 0.524 e.